The summed E-state index contributed by atoms with van der Waals surface area (Å²) in [5, 5.41) is 4.47. The van der Waals surface area contributed by atoms with Crippen LogP contribution in [0.4, 0.5) is 0 Å². The summed E-state index contributed by atoms with van der Waals surface area (Å²) in [6.45, 7) is 9.28. The average molecular weight is 257 g/mol. The first kappa shape index (κ1) is 13.8. The van der Waals surface area contributed by atoms with E-state index in [1.165, 1.54) is 16.7 Å². The lowest BCUT2D eigenvalue weighted by atomic mass is 9.95. The van der Waals surface area contributed by atoms with E-state index in [0.717, 1.165) is 24.4 Å². The number of nitrogens with zero attached hydrogens (tertiary/aromatic N) is 2. The van der Waals surface area contributed by atoms with Crippen molar-refractivity contribution in [1.29, 1.82) is 0 Å². The predicted octanol–water partition coefficient (Wildman–Crippen LogP) is 3.07. The van der Waals surface area contributed by atoms with Gasteiger partial charge >= 0.3 is 0 Å². The Hall–Kier alpha value is -1.61. The molecule has 3 nitrogen and oxygen atoms in total. The van der Waals surface area contributed by atoms with Crippen LogP contribution < -0.4 is 5.73 Å². The molecule has 19 heavy (non-hydrogen) atoms. The highest BCUT2D eigenvalue weighted by molar-refractivity contribution is 5.35. The van der Waals surface area contributed by atoms with E-state index in [2.05, 4.69) is 50.1 Å². The number of hydrogen-bond acceptors (Lipinski definition) is 2. The van der Waals surface area contributed by atoms with Crippen molar-refractivity contribution in [2.45, 2.75) is 46.7 Å². The maximum absolute atomic E-state index is 6.39. The molecule has 0 bridgehead atoms. The van der Waals surface area contributed by atoms with Gasteiger partial charge in [0.05, 0.1) is 17.4 Å². The summed E-state index contributed by atoms with van der Waals surface area (Å²) in [5.41, 5.74) is 12.5. The van der Waals surface area contributed by atoms with Crippen LogP contribution in [-0.4, -0.2) is 9.78 Å². The van der Waals surface area contributed by atoms with Crippen molar-refractivity contribution in [2.75, 3.05) is 0 Å². The zero-order valence-electron chi connectivity index (χ0n) is 12.3. The van der Waals surface area contributed by atoms with E-state index in [0.29, 0.717) is 0 Å². The Morgan fingerprint density at radius 2 is 1.84 bits per heavy atom. The predicted molar refractivity (Wildman–Crippen MR) is 79.2 cm³/mol. The molecule has 0 fully saturated rings. The summed E-state index contributed by atoms with van der Waals surface area (Å²) in [6.07, 6.45) is 0.865. The Morgan fingerprint density at radius 3 is 2.42 bits per heavy atom. The molecule has 2 rings (SSSR count). The van der Waals surface area contributed by atoms with Gasteiger partial charge in [0.1, 0.15) is 0 Å². The maximum Gasteiger partial charge on any atom is 0.0597 e. The minimum atomic E-state index is 0.000880. The summed E-state index contributed by atoms with van der Waals surface area (Å²) in [4.78, 5) is 0. The molecule has 1 heterocycles. The third kappa shape index (κ3) is 2.87. The van der Waals surface area contributed by atoms with Crippen LogP contribution in [-0.2, 0) is 13.0 Å². The smallest absolute Gasteiger partial charge is 0.0597 e. The lowest BCUT2D eigenvalue weighted by Crippen LogP contribution is -2.19. The van der Waals surface area contributed by atoms with Crippen molar-refractivity contribution in [2.24, 2.45) is 5.73 Å². The summed E-state index contributed by atoms with van der Waals surface area (Å²) in [5.74, 6) is 0. The first-order chi connectivity index (χ1) is 9.02. The van der Waals surface area contributed by atoms with E-state index in [9.17, 15) is 0 Å². The average Bonchev–Trinajstić information content (AvgIpc) is 2.75. The highest BCUT2D eigenvalue weighted by atomic mass is 15.3. The minimum absolute atomic E-state index is 0.000880. The molecule has 0 radical (unpaired) electrons. The zero-order valence-corrected chi connectivity index (χ0v) is 12.3. The molecule has 3 heteroatoms. The van der Waals surface area contributed by atoms with E-state index < -0.39 is 0 Å². The van der Waals surface area contributed by atoms with Crippen molar-refractivity contribution in [3.63, 3.8) is 0 Å². The van der Waals surface area contributed by atoms with Gasteiger partial charge in [-0.2, -0.15) is 5.10 Å². The topological polar surface area (TPSA) is 43.8 Å². The van der Waals surface area contributed by atoms with E-state index in [1.54, 1.807) is 0 Å². The van der Waals surface area contributed by atoms with Crippen LogP contribution in [0.25, 0.3) is 0 Å². The number of nitrogens with two attached hydrogens (primary N) is 1. The van der Waals surface area contributed by atoms with Gasteiger partial charge in [-0.05, 0) is 56.9 Å². The molecular formula is C16H23N3. The normalized spacial score (nSPS) is 12.7. The number of aromatic nitrogens is 2. The molecule has 2 aromatic rings. The molecule has 1 atom stereocenters. The number of hydrogen-bond donors (Lipinski definition) is 1. The molecule has 0 spiro atoms. The molecular weight excluding hydrogens is 234 g/mol. The lowest BCUT2D eigenvalue weighted by molar-refractivity contribution is 0.565. The van der Waals surface area contributed by atoms with Crippen LogP contribution in [0.15, 0.2) is 24.3 Å². The largest absolute Gasteiger partial charge is 0.322 e. The van der Waals surface area contributed by atoms with Gasteiger partial charge in [0.25, 0.3) is 0 Å². The summed E-state index contributed by atoms with van der Waals surface area (Å²) in [6, 6.07) is 8.50. The van der Waals surface area contributed by atoms with Gasteiger partial charge in [0.15, 0.2) is 0 Å². The van der Waals surface area contributed by atoms with Crippen LogP contribution in [0.1, 0.15) is 41.0 Å². The second-order valence-electron chi connectivity index (χ2n) is 5.21. The van der Waals surface area contributed by atoms with Crippen LogP contribution in [0.2, 0.25) is 0 Å². The molecule has 0 aliphatic rings. The summed E-state index contributed by atoms with van der Waals surface area (Å²) < 4.78 is 2.01. The van der Waals surface area contributed by atoms with Crippen LogP contribution in [0.5, 0.6) is 0 Å². The van der Waals surface area contributed by atoms with Gasteiger partial charge in [-0.1, -0.05) is 18.2 Å². The van der Waals surface area contributed by atoms with Gasteiger partial charge in [-0.15, -0.1) is 0 Å². The molecule has 1 aromatic carbocycles. The first-order valence-electron chi connectivity index (χ1n) is 6.88. The molecule has 0 aliphatic heterocycles. The molecule has 1 unspecified atom stereocenters. The summed E-state index contributed by atoms with van der Waals surface area (Å²) >= 11 is 0. The fourth-order valence-corrected chi connectivity index (χ4v) is 2.61. The van der Waals surface area contributed by atoms with Gasteiger partial charge in [0.2, 0.25) is 0 Å². The number of aryl methyl sites for hydroxylation is 4. The first-order valence-corrected chi connectivity index (χ1v) is 6.88. The van der Waals surface area contributed by atoms with Crippen molar-refractivity contribution in [3.05, 3.63) is 52.3 Å². The molecule has 0 saturated carbocycles. The zero-order chi connectivity index (χ0) is 14.0. The van der Waals surface area contributed by atoms with E-state index in [4.69, 9.17) is 5.73 Å². The Labute approximate surface area is 115 Å². The van der Waals surface area contributed by atoms with Crippen molar-refractivity contribution >= 4 is 0 Å². The van der Waals surface area contributed by atoms with E-state index in [-0.39, 0.29) is 6.04 Å². The van der Waals surface area contributed by atoms with Gasteiger partial charge < -0.3 is 5.73 Å². The highest BCUT2D eigenvalue weighted by Gasteiger charge is 2.15. The standard InChI is InChI=1S/C16H23N3/c1-5-19-16(9-13(4)18-19)15(17)10-14-11(2)7-6-8-12(14)3/h6-9,15H,5,10,17H2,1-4H3. The van der Waals surface area contributed by atoms with Gasteiger partial charge in [-0.3, -0.25) is 4.68 Å². The minimum Gasteiger partial charge on any atom is -0.322 e. The second-order valence-corrected chi connectivity index (χ2v) is 5.21. The fourth-order valence-electron chi connectivity index (χ4n) is 2.61. The molecule has 1 aromatic heterocycles. The van der Waals surface area contributed by atoms with E-state index in [1.807, 2.05) is 11.6 Å². The van der Waals surface area contributed by atoms with Gasteiger partial charge in [-0.25, -0.2) is 0 Å². The van der Waals surface area contributed by atoms with Crippen LogP contribution in [0.3, 0.4) is 0 Å². The summed E-state index contributed by atoms with van der Waals surface area (Å²) in [7, 11) is 0. The Morgan fingerprint density at radius 1 is 1.21 bits per heavy atom. The van der Waals surface area contributed by atoms with Crippen molar-refractivity contribution in [3.8, 4) is 0 Å². The monoisotopic (exact) mass is 257 g/mol. The van der Waals surface area contributed by atoms with Crippen molar-refractivity contribution in [1.82, 2.24) is 9.78 Å². The number of benzene rings is 1. The SMILES string of the molecule is CCn1nc(C)cc1C(N)Cc1c(C)cccc1C. The Kier molecular flexibility index (Phi) is 4.05. The molecule has 0 aliphatic carbocycles. The fraction of sp³-hybridized carbons (Fsp3) is 0.438. The highest BCUT2D eigenvalue weighted by Crippen LogP contribution is 2.22. The third-order valence-electron chi connectivity index (χ3n) is 3.68. The third-order valence-corrected chi connectivity index (χ3v) is 3.68. The molecule has 102 valence electrons. The molecule has 0 amide bonds. The van der Waals surface area contributed by atoms with E-state index >= 15 is 0 Å². The second kappa shape index (κ2) is 5.57. The maximum atomic E-state index is 6.39. The van der Waals surface area contributed by atoms with Crippen LogP contribution >= 0.6 is 0 Å². The number of rotatable bonds is 4. The molecule has 2 N–H and O–H groups in total. The quantitative estimate of drug-likeness (QED) is 0.914. The lowest BCUT2D eigenvalue weighted by Gasteiger charge is -2.16. The Bertz CT molecular complexity index is 549. The Balaban J connectivity index is 2.28. The van der Waals surface area contributed by atoms with Gasteiger partial charge in [0, 0.05) is 6.54 Å². The van der Waals surface area contributed by atoms with Crippen molar-refractivity contribution < 1.29 is 0 Å². The van der Waals surface area contributed by atoms with Crippen LogP contribution in [0, 0.1) is 20.8 Å². The molecule has 0 saturated heterocycles.